The van der Waals surface area contributed by atoms with Crippen molar-refractivity contribution in [2.24, 2.45) is 0 Å². The third-order valence-corrected chi connectivity index (χ3v) is 5.13. The summed E-state index contributed by atoms with van der Waals surface area (Å²) in [4.78, 5) is 4.39. The van der Waals surface area contributed by atoms with Gasteiger partial charge in [0, 0.05) is 5.41 Å². The zero-order chi connectivity index (χ0) is 16.5. The van der Waals surface area contributed by atoms with E-state index in [-0.39, 0.29) is 17.1 Å². The number of benzene rings is 1. The second-order valence-corrected chi connectivity index (χ2v) is 8.84. The average molecular weight is 321 g/mol. The molecule has 2 aromatic rings. The van der Waals surface area contributed by atoms with E-state index in [9.17, 15) is 8.42 Å². The van der Waals surface area contributed by atoms with Gasteiger partial charge in [0.15, 0.2) is 9.84 Å². The van der Waals surface area contributed by atoms with Crippen molar-refractivity contribution < 1.29 is 12.8 Å². The maximum Gasteiger partial charge on any atom is 0.209 e. The standard InChI is InChI=1S/C17H23NO3S/c1-12(2)13-6-8-14(9-7-13)22(19,20)11-16-18-10-15(21-16)17(3,4)5/h6-10,12H,11H2,1-5H3. The third kappa shape index (κ3) is 3.77. The summed E-state index contributed by atoms with van der Waals surface area (Å²) in [5.41, 5.74) is 0.929. The van der Waals surface area contributed by atoms with Gasteiger partial charge in [-0.3, -0.25) is 0 Å². The zero-order valence-corrected chi connectivity index (χ0v) is 14.6. The lowest BCUT2D eigenvalue weighted by Crippen LogP contribution is -2.09. The van der Waals surface area contributed by atoms with Crippen LogP contribution in [0, 0.1) is 0 Å². The largest absolute Gasteiger partial charge is 0.444 e. The van der Waals surface area contributed by atoms with Gasteiger partial charge in [-0.15, -0.1) is 0 Å². The van der Waals surface area contributed by atoms with Gasteiger partial charge in [0.05, 0.1) is 11.1 Å². The quantitative estimate of drug-likeness (QED) is 0.851. The Hall–Kier alpha value is -1.62. The molecule has 0 aliphatic carbocycles. The predicted octanol–water partition coefficient (Wildman–Crippen LogP) is 4.07. The van der Waals surface area contributed by atoms with Gasteiger partial charge in [0.2, 0.25) is 5.89 Å². The molecule has 0 aliphatic rings. The fraction of sp³-hybridized carbons (Fsp3) is 0.471. The zero-order valence-electron chi connectivity index (χ0n) is 13.8. The van der Waals surface area contributed by atoms with Gasteiger partial charge in [-0.2, -0.15) is 0 Å². The van der Waals surface area contributed by atoms with Crippen molar-refractivity contribution >= 4 is 9.84 Å². The van der Waals surface area contributed by atoms with Gasteiger partial charge >= 0.3 is 0 Å². The minimum Gasteiger partial charge on any atom is -0.444 e. The number of rotatable bonds is 4. The molecule has 0 amide bonds. The number of nitrogens with zero attached hydrogens (tertiary/aromatic N) is 1. The molecule has 1 heterocycles. The van der Waals surface area contributed by atoms with Crippen molar-refractivity contribution in [2.75, 3.05) is 0 Å². The lowest BCUT2D eigenvalue weighted by atomic mass is 9.94. The normalized spacial score (nSPS) is 12.8. The maximum absolute atomic E-state index is 12.4. The minimum atomic E-state index is -3.44. The Kier molecular flexibility index (Phi) is 4.47. The van der Waals surface area contributed by atoms with Crippen LogP contribution in [0.15, 0.2) is 39.8 Å². The highest BCUT2D eigenvalue weighted by atomic mass is 32.2. The summed E-state index contributed by atoms with van der Waals surface area (Å²) in [5, 5.41) is 0. The molecule has 0 spiro atoms. The molecular weight excluding hydrogens is 298 g/mol. The molecule has 120 valence electrons. The molecule has 1 aromatic heterocycles. The van der Waals surface area contributed by atoms with Gasteiger partial charge < -0.3 is 4.42 Å². The molecule has 0 saturated heterocycles. The smallest absolute Gasteiger partial charge is 0.209 e. The van der Waals surface area contributed by atoms with Crippen LogP contribution in [0.4, 0.5) is 0 Å². The molecule has 0 fully saturated rings. The van der Waals surface area contributed by atoms with Crippen molar-refractivity contribution in [3.8, 4) is 0 Å². The van der Waals surface area contributed by atoms with Crippen LogP contribution in [-0.2, 0) is 21.0 Å². The van der Waals surface area contributed by atoms with Crippen molar-refractivity contribution in [3.63, 3.8) is 0 Å². The summed E-state index contributed by atoms with van der Waals surface area (Å²) in [7, 11) is -3.44. The number of oxazole rings is 1. The Bertz CT molecular complexity index is 735. The second kappa shape index (κ2) is 5.88. The summed E-state index contributed by atoms with van der Waals surface area (Å²) in [5.74, 6) is 1.08. The molecule has 2 rings (SSSR count). The molecule has 0 aliphatic heterocycles. The van der Waals surface area contributed by atoms with E-state index in [0.29, 0.717) is 16.6 Å². The highest BCUT2D eigenvalue weighted by Gasteiger charge is 2.23. The van der Waals surface area contributed by atoms with Gasteiger partial charge in [0.1, 0.15) is 11.5 Å². The van der Waals surface area contributed by atoms with E-state index in [1.165, 1.54) is 0 Å². The van der Waals surface area contributed by atoms with Gasteiger partial charge in [0.25, 0.3) is 0 Å². The molecule has 22 heavy (non-hydrogen) atoms. The first-order valence-corrected chi connectivity index (χ1v) is 9.03. The highest BCUT2D eigenvalue weighted by molar-refractivity contribution is 7.90. The van der Waals surface area contributed by atoms with Crippen molar-refractivity contribution in [2.45, 2.75) is 56.6 Å². The van der Waals surface area contributed by atoms with E-state index in [0.717, 1.165) is 5.56 Å². The van der Waals surface area contributed by atoms with E-state index in [4.69, 9.17) is 4.42 Å². The van der Waals surface area contributed by atoms with Crippen LogP contribution < -0.4 is 0 Å². The van der Waals surface area contributed by atoms with E-state index in [1.807, 2.05) is 32.9 Å². The molecule has 1 aromatic carbocycles. The van der Waals surface area contributed by atoms with Gasteiger partial charge in [-0.25, -0.2) is 13.4 Å². The number of hydrogen-bond donors (Lipinski definition) is 0. The van der Waals surface area contributed by atoms with Gasteiger partial charge in [-0.1, -0.05) is 46.8 Å². The fourth-order valence-electron chi connectivity index (χ4n) is 2.03. The van der Waals surface area contributed by atoms with E-state index >= 15 is 0 Å². The van der Waals surface area contributed by atoms with E-state index < -0.39 is 9.84 Å². The van der Waals surface area contributed by atoms with Crippen molar-refractivity contribution in [1.29, 1.82) is 0 Å². The molecule has 0 bridgehead atoms. The Morgan fingerprint density at radius 3 is 2.18 bits per heavy atom. The Morgan fingerprint density at radius 2 is 1.73 bits per heavy atom. The van der Waals surface area contributed by atoms with E-state index in [1.54, 1.807) is 18.3 Å². The number of hydrogen-bond acceptors (Lipinski definition) is 4. The molecule has 0 radical (unpaired) electrons. The van der Waals surface area contributed by atoms with Crippen molar-refractivity contribution in [3.05, 3.63) is 47.7 Å². The van der Waals surface area contributed by atoms with Crippen LogP contribution in [0.5, 0.6) is 0 Å². The summed E-state index contributed by atoms with van der Waals surface area (Å²) in [6.07, 6.45) is 1.60. The molecule has 0 N–H and O–H groups in total. The van der Waals surface area contributed by atoms with Crippen LogP contribution in [0.3, 0.4) is 0 Å². The van der Waals surface area contributed by atoms with Crippen molar-refractivity contribution in [1.82, 2.24) is 4.98 Å². The SMILES string of the molecule is CC(C)c1ccc(S(=O)(=O)Cc2ncc(C(C)(C)C)o2)cc1. The molecule has 0 saturated carbocycles. The van der Waals surface area contributed by atoms with E-state index in [2.05, 4.69) is 18.8 Å². The Labute approximate surface area is 132 Å². The van der Waals surface area contributed by atoms with Crippen LogP contribution in [0.1, 0.15) is 57.8 Å². The molecule has 5 heteroatoms. The number of sulfone groups is 1. The monoisotopic (exact) mass is 321 g/mol. The minimum absolute atomic E-state index is 0.187. The average Bonchev–Trinajstić information content (AvgIpc) is 2.86. The summed E-state index contributed by atoms with van der Waals surface area (Å²) < 4.78 is 30.5. The Morgan fingerprint density at radius 1 is 1.14 bits per heavy atom. The lowest BCUT2D eigenvalue weighted by molar-refractivity contribution is 0.389. The first-order chi connectivity index (χ1) is 10.1. The highest BCUT2D eigenvalue weighted by Crippen LogP contribution is 2.25. The molecule has 0 atom stereocenters. The van der Waals surface area contributed by atoms with Crippen LogP contribution in [0.25, 0.3) is 0 Å². The Balaban J connectivity index is 2.22. The number of aromatic nitrogens is 1. The van der Waals surface area contributed by atoms with Crippen LogP contribution in [-0.4, -0.2) is 13.4 Å². The second-order valence-electron chi connectivity index (χ2n) is 6.85. The summed E-state index contributed by atoms with van der Waals surface area (Å²) in [6.45, 7) is 10.1. The topological polar surface area (TPSA) is 60.2 Å². The van der Waals surface area contributed by atoms with Crippen LogP contribution in [0.2, 0.25) is 0 Å². The van der Waals surface area contributed by atoms with Gasteiger partial charge in [-0.05, 0) is 23.6 Å². The summed E-state index contributed by atoms with van der Waals surface area (Å²) >= 11 is 0. The lowest BCUT2D eigenvalue weighted by Gasteiger charge is -2.13. The van der Waals surface area contributed by atoms with Crippen LogP contribution >= 0.6 is 0 Å². The first kappa shape index (κ1) is 16.7. The predicted molar refractivity (Wildman–Crippen MR) is 86.6 cm³/mol. The first-order valence-electron chi connectivity index (χ1n) is 7.37. The maximum atomic E-state index is 12.4. The summed E-state index contributed by atoms with van der Waals surface area (Å²) in [6, 6.07) is 7.01. The molecule has 0 unspecified atom stereocenters. The fourth-order valence-corrected chi connectivity index (χ4v) is 3.21. The third-order valence-electron chi connectivity index (χ3n) is 3.51. The molecule has 4 nitrogen and oxygen atoms in total. The molecular formula is C17H23NO3S.